The number of hydrogen-bond acceptors (Lipinski definition) is 7. The van der Waals surface area contributed by atoms with Gasteiger partial charge in [0.25, 0.3) is 0 Å². The van der Waals surface area contributed by atoms with Crippen LogP contribution in [0.15, 0.2) is 12.0 Å². The van der Waals surface area contributed by atoms with Crippen molar-refractivity contribution in [3.05, 3.63) is 12.0 Å². The van der Waals surface area contributed by atoms with E-state index >= 15 is 0 Å². The lowest BCUT2D eigenvalue weighted by Gasteiger charge is -2.41. The molecule has 8 nitrogen and oxygen atoms in total. The van der Waals surface area contributed by atoms with E-state index in [0.717, 1.165) is 45.2 Å². The topological polar surface area (TPSA) is 104 Å². The molecule has 0 aromatic rings. The van der Waals surface area contributed by atoms with Gasteiger partial charge in [0, 0.05) is 44.0 Å². The van der Waals surface area contributed by atoms with Crippen LogP contribution in [0.2, 0.25) is 0 Å². The standard InChI is InChI=1S/C22H39N3O5/c1-21(2,15-30-19-8-6-7-13-29-19)17(23)14-18(26)24-20(27)22(3,4)25-11-9-16(28-5)10-12-25/h14,16,19,23,26H,6-13,15H2,1-5H3,(H,24,27)/b18-14-,23-17?. The molecule has 0 bridgehead atoms. The number of aliphatic hydroxyl groups is 1. The molecule has 0 spiro atoms. The van der Waals surface area contributed by atoms with Crippen LogP contribution in [-0.2, 0) is 19.0 Å². The number of methoxy groups -OCH3 is 1. The molecule has 3 N–H and O–H groups in total. The predicted octanol–water partition coefficient (Wildman–Crippen LogP) is 2.98. The number of allylic oxidation sites excluding steroid dienone is 1. The Morgan fingerprint density at radius 2 is 1.90 bits per heavy atom. The zero-order chi connectivity index (χ0) is 22.4. The van der Waals surface area contributed by atoms with Crippen molar-refractivity contribution in [3.8, 4) is 0 Å². The molecule has 30 heavy (non-hydrogen) atoms. The van der Waals surface area contributed by atoms with E-state index in [-0.39, 0.29) is 29.9 Å². The van der Waals surface area contributed by atoms with Gasteiger partial charge in [-0.3, -0.25) is 15.0 Å². The van der Waals surface area contributed by atoms with Crippen molar-refractivity contribution in [2.75, 3.05) is 33.4 Å². The molecule has 0 aromatic heterocycles. The van der Waals surface area contributed by atoms with Crippen molar-refractivity contribution < 1.29 is 24.1 Å². The molecule has 1 atom stereocenters. The molecule has 0 radical (unpaired) electrons. The predicted molar refractivity (Wildman–Crippen MR) is 116 cm³/mol. The molecule has 0 aliphatic carbocycles. The summed E-state index contributed by atoms with van der Waals surface area (Å²) in [5, 5.41) is 21.2. The highest BCUT2D eigenvalue weighted by Crippen LogP contribution is 2.24. The van der Waals surface area contributed by atoms with Crippen LogP contribution in [0.4, 0.5) is 0 Å². The molecule has 2 fully saturated rings. The van der Waals surface area contributed by atoms with Crippen LogP contribution in [0, 0.1) is 10.8 Å². The zero-order valence-electron chi connectivity index (χ0n) is 19.1. The molecule has 2 rings (SSSR count). The number of likely N-dealkylation sites (tertiary alicyclic amines) is 1. The fourth-order valence-electron chi connectivity index (χ4n) is 3.65. The maximum Gasteiger partial charge on any atom is 0.246 e. The van der Waals surface area contributed by atoms with E-state index in [4.69, 9.17) is 19.6 Å². The Bertz CT molecular complexity index is 618. The number of amides is 1. The van der Waals surface area contributed by atoms with Gasteiger partial charge in [-0.15, -0.1) is 0 Å². The largest absolute Gasteiger partial charge is 0.494 e. The molecular formula is C22H39N3O5. The molecule has 2 saturated heterocycles. The van der Waals surface area contributed by atoms with Crippen molar-refractivity contribution in [2.45, 2.75) is 77.7 Å². The van der Waals surface area contributed by atoms with Gasteiger partial charge in [0.2, 0.25) is 5.91 Å². The summed E-state index contributed by atoms with van der Waals surface area (Å²) in [5.41, 5.74) is -1.23. The van der Waals surface area contributed by atoms with Crippen LogP contribution in [0.1, 0.15) is 59.8 Å². The van der Waals surface area contributed by atoms with Gasteiger partial charge in [-0.1, -0.05) is 13.8 Å². The van der Waals surface area contributed by atoms with Crippen LogP contribution in [0.5, 0.6) is 0 Å². The summed E-state index contributed by atoms with van der Waals surface area (Å²) in [7, 11) is 1.71. The normalized spacial score (nSPS) is 22.7. The Morgan fingerprint density at radius 3 is 2.47 bits per heavy atom. The highest BCUT2D eigenvalue weighted by molar-refractivity contribution is 5.98. The van der Waals surface area contributed by atoms with Crippen LogP contribution in [0.25, 0.3) is 0 Å². The van der Waals surface area contributed by atoms with E-state index in [0.29, 0.717) is 13.2 Å². The number of hydrogen-bond donors (Lipinski definition) is 3. The number of rotatable bonds is 9. The summed E-state index contributed by atoms with van der Waals surface area (Å²) in [6.45, 7) is 9.94. The number of carbonyl (C=O) groups is 1. The maximum atomic E-state index is 12.8. The smallest absolute Gasteiger partial charge is 0.246 e. The molecule has 0 saturated carbocycles. The van der Waals surface area contributed by atoms with Gasteiger partial charge in [-0.25, -0.2) is 0 Å². The fourth-order valence-corrected chi connectivity index (χ4v) is 3.65. The van der Waals surface area contributed by atoms with Crippen molar-refractivity contribution in [1.29, 1.82) is 5.41 Å². The first-order chi connectivity index (χ1) is 14.1. The second kappa shape index (κ2) is 10.7. The van der Waals surface area contributed by atoms with Crippen LogP contribution >= 0.6 is 0 Å². The highest BCUT2D eigenvalue weighted by atomic mass is 16.7. The summed E-state index contributed by atoms with van der Waals surface area (Å²) >= 11 is 0. The summed E-state index contributed by atoms with van der Waals surface area (Å²) in [6, 6.07) is 0. The van der Waals surface area contributed by atoms with Crippen molar-refractivity contribution >= 4 is 11.6 Å². The van der Waals surface area contributed by atoms with Crippen LogP contribution in [-0.4, -0.2) is 73.0 Å². The highest BCUT2D eigenvalue weighted by Gasteiger charge is 2.37. The molecule has 1 amide bonds. The summed E-state index contributed by atoms with van der Waals surface area (Å²) in [5.74, 6) is -0.628. The van der Waals surface area contributed by atoms with Gasteiger partial charge in [-0.2, -0.15) is 0 Å². The second-order valence-corrected chi connectivity index (χ2v) is 9.37. The third kappa shape index (κ3) is 6.77. The van der Waals surface area contributed by atoms with E-state index in [2.05, 4.69) is 10.2 Å². The SMILES string of the molecule is COC1CCN(C(C)(C)C(=O)N/C(O)=C/C(=N)C(C)(C)COC2CCCCO2)CC1. The third-order valence-corrected chi connectivity index (χ3v) is 6.14. The minimum atomic E-state index is -0.778. The Hall–Kier alpha value is -1.48. The van der Waals surface area contributed by atoms with Crippen LogP contribution in [0.3, 0.4) is 0 Å². The van der Waals surface area contributed by atoms with E-state index < -0.39 is 11.0 Å². The first kappa shape index (κ1) is 24.8. The Labute approximate surface area is 180 Å². The first-order valence-electron chi connectivity index (χ1n) is 10.9. The van der Waals surface area contributed by atoms with Gasteiger partial charge in [-0.05, 0) is 46.0 Å². The summed E-state index contributed by atoms with van der Waals surface area (Å²) < 4.78 is 16.8. The molecule has 172 valence electrons. The number of nitrogens with one attached hydrogen (secondary N) is 2. The van der Waals surface area contributed by atoms with Gasteiger partial charge in [0.15, 0.2) is 12.2 Å². The lowest BCUT2D eigenvalue weighted by Crippen LogP contribution is -2.57. The minimum Gasteiger partial charge on any atom is -0.494 e. The van der Waals surface area contributed by atoms with Crippen molar-refractivity contribution in [2.24, 2.45) is 5.41 Å². The third-order valence-electron chi connectivity index (χ3n) is 6.14. The Balaban J connectivity index is 1.88. The van der Waals surface area contributed by atoms with Crippen molar-refractivity contribution in [3.63, 3.8) is 0 Å². The maximum absolute atomic E-state index is 12.8. The second-order valence-electron chi connectivity index (χ2n) is 9.37. The Morgan fingerprint density at radius 1 is 1.23 bits per heavy atom. The Kier molecular flexibility index (Phi) is 8.85. The number of piperidine rings is 1. The first-order valence-corrected chi connectivity index (χ1v) is 10.9. The molecule has 1 unspecified atom stereocenters. The molecule has 2 heterocycles. The summed E-state index contributed by atoms with van der Waals surface area (Å²) in [4.78, 5) is 14.9. The van der Waals surface area contributed by atoms with Gasteiger partial charge in [0.05, 0.1) is 18.2 Å². The number of aliphatic hydroxyl groups excluding tert-OH is 1. The van der Waals surface area contributed by atoms with E-state index in [1.165, 1.54) is 6.08 Å². The lowest BCUT2D eigenvalue weighted by molar-refractivity contribution is -0.171. The molecule has 2 aliphatic heterocycles. The van der Waals surface area contributed by atoms with Gasteiger partial charge < -0.3 is 24.7 Å². The molecular weight excluding hydrogens is 386 g/mol. The summed E-state index contributed by atoms with van der Waals surface area (Å²) in [6.07, 6.45) is 6.03. The lowest BCUT2D eigenvalue weighted by atomic mass is 9.88. The van der Waals surface area contributed by atoms with Crippen LogP contribution < -0.4 is 5.32 Å². The van der Waals surface area contributed by atoms with E-state index in [1.54, 1.807) is 7.11 Å². The molecule has 8 heteroatoms. The minimum absolute atomic E-state index is 0.176. The van der Waals surface area contributed by atoms with Crippen molar-refractivity contribution in [1.82, 2.24) is 10.2 Å². The number of ether oxygens (including phenoxy) is 3. The zero-order valence-corrected chi connectivity index (χ0v) is 19.1. The van der Waals surface area contributed by atoms with E-state index in [1.807, 2.05) is 27.7 Å². The molecule has 2 aliphatic rings. The number of nitrogens with zero attached hydrogens (tertiary/aromatic N) is 1. The van der Waals surface area contributed by atoms with E-state index in [9.17, 15) is 9.90 Å². The average molecular weight is 426 g/mol. The monoisotopic (exact) mass is 425 g/mol. The quantitative estimate of drug-likeness (QED) is 0.388. The number of carbonyl (C=O) groups excluding carboxylic acids is 1. The molecule has 0 aromatic carbocycles. The van der Waals surface area contributed by atoms with Gasteiger partial charge >= 0.3 is 0 Å². The average Bonchev–Trinajstić information content (AvgIpc) is 2.73. The fraction of sp³-hybridized carbons (Fsp3) is 0.818. The van der Waals surface area contributed by atoms with Gasteiger partial charge in [0.1, 0.15) is 0 Å².